The van der Waals surface area contributed by atoms with Crippen LogP contribution in [0.5, 0.6) is 0 Å². The number of benzene rings is 2. The molecule has 0 spiro atoms. The zero-order valence-electron chi connectivity index (χ0n) is 15.0. The summed E-state index contributed by atoms with van der Waals surface area (Å²) in [6, 6.07) is 10.2. The van der Waals surface area contributed by atoms with E-state index in [4.69, 9.17) is 5.73 Å². The molecule has 0 radical (unpaired) electrons. The third kappa shape index (κ3) is 2.51. The molecule has 1 aliphatic carbocycles. The third-order valence-corrected chi connectivity index (χ3v) is 4.99. The second kappa shape index (κ2) is 5.88. The average molecular weight is 373 g/mol. The van der Waals surface area contributed by atoms with Gasteiger partial charge in [-0.3, -0.25) is 4.79 Å². The van der Waals surface area contributed by atoms with E-state index in [1.54, 1.807) is 12.1 Å². The molecular weight excluding hydrogens is 357 g/mol. The lowest BCUT2D eigenvalue weighted by Crippen LogP contribution is -2.08. The number of hydrogen-bond donors (Lipinski definition) is 2. The summed E-state index contributed by atoms with van der Waals surface area (Å²) in [6.45, 7) is 1.89. The topological polar surface area (TPSA) is 89.6 Å². The number of nitrogens with one attached hydrogen (secondary N) is 1. The number of fused-ring (bicyclic) bond motifs is 2. The van der Waals surface area contributed by atoms with E-state index in [9.17, 15) is 9.18 Å². The fourth-order valence-electron chi connectivity index (χ4n) is 3.62. The van der Waals surface area contributed by atoms with Crippen molar-refractivity contribution in [3.63, 3.8) is 0 Å². The van der Waals surface area contributed by atoms with Gasteiger partial charge in [0, 0.05) is 12.0 Å². The summed E-state index contributed by atoms with van der Waals surface area (Å²) in [6.07, 6.45) is 3.65. The van der Waals surface area contributed by atoms with Crippen molar-refractivity contribution in [3.05, 3.63) is 76.5 Å². The fourth-order valence-corrected chi connectivity index (χ4v) is 3.62. The number of nitrogens with zero attached hydrogens (tertiary/aromatic N) is 3. The molecule has 4 aromatic rings. The molecule has 0 saturated heterocycles. The van der Waals surface area contributed by atoms with Gasteiger partial charge in [-0.1, -0.05) is 6.07 Å². The molecule has 2 aromatic carbocycles. The summed E-state index contributed by atoms with van der Waals surface area (Å²) in [4.78, 5) is 20.5. The summed E-state index contributed by atoms with van der Waals surface area (Å²) in [5.41, 5.74) is 11.3. The van der Waals surface area contributed by atoms with Crippen molar-refractivity contribution >= 4 is 28.7 Å². The van der Waals surface area contributed by atoms with E-state index >= 15 is 0 Å². The van der Waals surface area contributed by atoms with Crippen molar-refractivity contribution in [2.75, 3.05) is 5.73 Å². The third-order valence-electron chi connectivity index (χ3n) is 4.99. The van der Waals surface area contributed by atoms with Crippen molar-refractivity contribution in [3.8, 4) is 5.69 Å². The van der Waals surface area contributed by atoms with Gasteiger partial charge < -0.3 is 10.7 Å². The van der Waals surface area contributed by atoms with Crippen molar-refractivity contribution in [2.24, 2.45) is 0 Å². The summed E-state index contributed by atoms with van der Waals surface area (Å²) in [7, 11) is 0. The number of nitrogen functional groups attached to an aromatic ring is 1. The first-order valence-electron chi connectivity index (χ1n) is 8.83. The van der Waals surface area contributed by atoms with Gasteiger partial charge in [-0.15, -0.1) is 0 Å². The lowest BCUT2D eigenvalue weighted by molar-refractivity contribution is 0.103. The van der Waals surface area contributed by atoms with Crippen LogP contribution in [0.25, 0.3) is 22.8 Å². The van der Waals surface area contributed by atoms with E-state index in [1.165, 1.54) is 23.0 Å². The molecule has 2 aromatic heterocycles. The molecule has 5 rings (SSSR count). The van der Waals surface area contributed by atoms with Gasteiger partial charge in [-0.25, -0.2) is 14.1 Å². The predicted molar refractivity (Wildman–Crippen MR) is 105 cm³/mol. The molecule has 28 heavy (non-hydrogen) atoms. The minimum atomic E-state index is -0.319. The molecule has 3 N–H and O–H groups in total. The molecule has 0 bridgehead atoms. The smallest absolute Gasteiger partial charge is 0.194 e. The summed E-state index contributed by atoms with van der Waals surface area (Å²) >= 11 is 0. The normalized spacial score (nSPS) is 13.0. The lowest BCUT2D eigenvalue weighted by atomic mass is 10.0. The van der Waals surface area contributed by atoms with E-state index in [-0.39, 0.29) is 17.4 Å². The van der Waals surface area contributed by atoms with Gasteiger partial charge in [0.15, 0.2) is 5.78 Å². The highest BCUT2D eigenvalue weighted by Gasteiger charge is 2.24. The maximum absolute atomic E-state index is 13.4. The number of aromatic amines is 1. The number of carbonyl (C=O) groups is 1. The predicted octanol–water partition coefficient (Wildman–Crippen LogP) is 3.60. The largest absolute Gasteiger partial charge is 0.383 e. The number of halogens is 1. The summed E-state index contributed by atoms with van der Waals surface area (Å²) < 4.78 is 15.0. The number of anilines is 1. The second-order valence-electron chi connectivity index (χ2n) is 6.90. The Balaban J connectivity index is 1.50. The number of hydrogen-bond acceptors (Lipinski definition) is 4. The minimum Gasteiger partial charge on any atom is -0.383 e. The van der Waals surface area contributed by atoms with E-state index in [1.807, 2.05) is 25.1 Å². The number of H-pyrrole nitrogens is 1. The maximum atomic E-state index is 13.4. The molecule has 0 saturated carbocycles. The second-order valence-corrected chi connectivity index (χ2v) is 6.90. The monoisotopic (exact) mass is 373 g/mol. The van der Waals surface area contributed by atoms with Crippen molar-refractivity contribution in [1.29, 1.82) is 0 Å². The molecule has 0 fully saturated rings. The van der Waals surface area contributed by atoms with Gasteiger partial charge in [0.1, 0.15) is 17.5 Å². The van der Waals surface area contributed by atoms with Gasteiger partial charge in [0.25, 0.3) is 0 Å². The first kappa shape index (κ1) is 16.4. The molecule has 1 aliphatic rings. The highest BCUT2D eigenvalue weighted by molar-refractivity contribution is 6.15. The molecule has 6 nitrogen and oxygen atoms in total. The fraction of sp³-hybridized carbons (Fsp3) is 0.0952. The SMILES string of the molecule is Cc1nc2ccc(-n3ncc(C(=O)C4=Cc5cc(F)ccc5C4)c3N)cc2[nH]1. The average Bonchev–Trinajstić information content (AvgIpc) is 3.35. The number of rotatable bonds is 3. The Hall–Kier alpha value is -3.74. The van der Waals surface area contributed by atoms with Crippen LogP contribution < -0.4 is 5.73 Å². The van der Waals surface area contributed by atoms with Crippen LogP contribution >= 0.6 is 0 Å². The Morgan fingerprint density at radius 3 is 2.96 bits per heavy atom. The quantitative estimate of drug-likeness (QED) is 0.537. The Morgan fingerprint density at radius 2 is 2.11 bits per heavy atom. The highest BCUT2D eigenvalue weighted by atomic mass is 19.1. The van der Waals surface area contributed by atoms with Gasteiger partial charge in [-0.2, -0.15) is 5.10 Å². The van der Waals surface area contributed by atoms with Crippen molar-refractivity contribution in [2.45, 2.75) is 13.3 Å². The van der Waals surface area contributed by atoms with Gasteiger partial charge in [0.2, 0.25) is 0 Å². The number of allylic oxidation sites excluding steroid dienone is 1. The Labute approximate surface area is 159 Å². The number of aromatic nitrogens is 4. The Morgan fingerprint density at radius 1 is 1.25 bits per heavy atom. The minimum absolute atomic E-state index is 0.196. The Bertz CT molecular complexity index is 1300. The van der Waals surface area contributed by atoms with Crippen molar-refractivity contribution in [1.82, 2.24) is 19.7 Å². The highest BCUT2D eigenvalue weighted by Crippen LogP contribution is 2.30. The lowest BCUT2D eigenvalue weighted by Gasteiger charge is -2.05. The molecular formula is C21H16FN5O. The number of aryl methyl sites for hydroxylation is 1. The summed E-state index contributed by atoms with van der Waals surface area (Å²) in [5.74, 6) is 0.573. The molecule has 2 heterocycles. The molecule has 0 unspecified atom stereocenters. The van der Waals surface area contributed by atoms with Crippen LogP contribution in [0.15, 0.2) is 48.2 Å². The van der Waals surface area contributed by atoms with Crippen LogP contribution in [0.3, 0.4) is 0 Å². The van der Waals surface area contributed by atoms with Crippen LogP contribution in [-0.2, 0) is 6.42 Å². The molecule has 0 amide bonds. The molecule has 0 atom stereocenters. The number of Topliss-reactive ketones (excluding diaryl/α,β-unsaturated/α-hetero) is 1. The zero-order valence-corrected chi connectivity index (χ0v) is 15.0. The molecule has 0 aliphatic heterocycles. The standard InChI is InChI=1S/C21H16FN5O/c1-11-25-18-5-4-16(9-19(18)26-11)27-21(23)17(10-24-27)20(28)14-6-12-2-3-15(22)8-13(12)7-14/h2-5,7-10H,6,23H2,1H3,(H,25,26). The van der Waals surface area contributed by atoms with Crippen LogP contribution in [0.1, 0.15) is 27.3 Å². The first-order valence-corrected chi connectivity index (χ1v) is 8.83. The van der Waals surface area contributed by atoms with E-state index in [2.05, 4.69) is 15.1 Å². The van der Waals surface area contributed by atoms with Gasteiger partial charge in [-0.05, 0) is 54.5 Å². The summed E-state index contributed by atoms with van der Waals surface area (Å²) in [5, 5.41) is 4.30. The number of imidazole rings is 1. The Kier molecular flexibility index (Phi) is 3.45. The first-order chi connectivity index (χ1) is 13.5. The van der Waals surface area contributed by atoms with E-state index in [0.29, 0.717) is 17.6 Å². The zero-order chi connectivity index (χ0) is 19.4. The van der Waals surface area contributed by atoms with Crippen LogP contribution in [0.2, 0.25) is 0 Å². The van der Waals surface area contributed by atoms with E-state index in [0.717, 1.165) is 33.7 Å². The number of nitrogens with two attached hydrogens (primary N) is 1. The maximum Gasteiger partial charge on any atom is 0.194 e. The van der Waals surface area contributed by atoms with Crippen LogP contribution in [-0.4, -0.2) is 25.5 Å². The van der Waals surface area contributed by atoms with Gasteiger partial charge in [0.05, 0.1) is 28.5 Å². The number of carbonyl (C=O) groups excluding carboxylic acids is 1. The van der Waals surface area contributed by atoms with Crippen LogP contribution in [0.4, 0.5) is 10.2 Å². The van der Waals surface area contributed by atoms with Gasteiger partial charge >= 0.3 is 0 Å². The molecule has 138 valence electrons. The number of ketones is 1. The molecule has 7 heteroatoms. The van der Waals surface area contributed by atoms with Crippen molar-refractivity contribution < 1.29 is 9.18 Å². The van der Waals surface area contributed by atoms with Crippen LogP contribution in [0, 0.1) is 12.7 Å². The van der Waals surface area contributed by atoms with E-state index < -0.39 is 0 Å².